The molecule has 1 aliphatic carbocycles. The molecule has 4 heteroatoms. The van der Waals surface area contributed by atoms with Gasteiger partial charge in [-0.1, -0.05) is 5.21 Å². The Bertz CT molecular complexity index is 279. The minimum atomic E-state index is 0.731. The Morgan fingerprint density at radius 2 is 2.15 bits per heavy atom. The molecule has 0 fully saturated rings. The van der Waals surface area contributed by atoms with Crippen LogP contribution in [0.1, 0.15) is 30.7 Å². The average Bonchev–Trinajstić information content (AvgIpc) is 2.58. The molecule has 0 radical (unpaired) electrons. The molecule has 0 amide bonds. The van der Waals surface area contributed by atoms with Gasteiger partial charge in [-0.3, -0.25) is 0 Å². The molecule has 0 saturated carbocycles. The Hall–Kier alpha value is -0.900. The molecule has 0 unspecified atom stereocenters. The van der Waals surface area contributed by atoms with Crippen LogP contribution in [0.25, 0.3) is 0 Å². The molecule has 0 spiro atoms. The van der Waals surface area contributed by atoms with E-state index in [0.717, 1.165) is 32.4 Å². The number of aryl methyl sites for hydroxylation is 2. The molecule has 1 aliphatic rings. The fourth-order valence-electron chi connectivity index (χ4n) is 1.84. The van der Waals surface area contributed by atoms with Crippen LogP contribution in [0.4, 0.5) is 0 Å². The summed E-state index contributed by atoms with van der Waals surface area (Å²) in [7, 11) is 0. The first-order chi connectivity index (χ1) is 6.42. The molecular formula is C9H16N4. The van der Waals surface area contributed by atoms with Crippen LogP contribution in [-0.2, 0) is 19.4 Å². The lowest BCUT2D eigenvalue weighted by Crippen LogP contribution is -2.12. The van der Waals surface area contributed by atoms with Crippen molar-refractivity contribution in [3.05, 3.63) is 11.4 Å². The largest absolute Gasteiger partial charge is 0.330 e. The summed E-state index contributed by atoms with van der Waals surface area (Å²) in [6.45, 7) is 1.66. The van der Waals surface area contributed by atoms with Gasteiger partial charge in [-0.15, -0.1) is 5.10 Å². The van der Waals surface area contributed by atoms with Crippen LogP contribution in [0.2, 0.25) is 0 Å². The zero-order valence-corrected chi connectivity index (χ0v) is 7.87. The van der Waals surface area contributed by atoms with Crippen molar-refractivity contribution in [3.63, 3.8) is 0 Å². The van der Waals surface area contributed by atoms with Crippen molar-refractivity contribution in [2.24, 2.45) is 5.73 Å². The Morgan fingerprint density at radius 1 is 1.31 bits per heavy atom. The van der Waals surface area contributed by atoms with Gasteiger partial charge in [0.25, 0.3) is 0 Å². The summed E-state index contributed by atoms with van der Waals surface area (Å²) < 4.78 is 2.03. The number of rotatable bonds is 3. The lowest BCUT2D eigenvalue weighted by Gasteiger charge is -2.11. The molecule has 0 aliphatic heterocycles. The monoisotopic (exact) mass is 180 g/mol. The van der Waals surface area contributed by atoms with Crippen molar-refractivity contribution in [2.75, 3.05) is 6.54 Å². The van der Waals surface area contributed by atoms with Gasteiger partial charge in [0.1, 0.15) is 0 Å². The molecule has 0 saturated heterocycles. The Balaban J connectivity index is 2.12. The van der Waals surface area contributed by atoms with E-state index < -0.39 is 0 Å². The van der Waals surface area contributed by atoms with Gasteiger partial charge in [0.2, 0.25) is 0 Å². The molecule has 0 bridgehead atoms. The lowest BCUT2D eigenvalue weighted by molar-refractivity contribution is 0.531. The summed E-state index contributed by atoms with van der Waals surface area (Å²) in [5.74, 6) is 0. The van der Waals surface area contributed by atoms with E-state index in [4.69, 9.17) is 5.73 Å². The average molecular weight is 180 g/mol. The van der Waals surface area contributed by atoms with Crippen LogP contribution in [0.3, 0.4) is 0 Å². The highest BCUT2D eigenvalue weighted by Gasteiger charge is 2.15. The maximum absolute atomic E-state index is 5.46. The van der Waals surface area contributed by atoms with Crippen molar-refractivity contribution < 1.29 is 0 Å². The van der Waals surface area contributed by atoms with Gasteiger partial charge in [0.05, 0.1) is 11.4 Å². The van der Waals surface area contributed by atoms with Gasteiger partial charge < -0.3 is 5.73 Å². The summed E-state index contributed by atoms with van der Waals surface area (Å²) in [5, 5.41) is 8.33. The Labute approximate surface area is 78.1 Å². The fourth-order valence-corrected chi connectivity index (χ4v) is 1.84. The van der Waals surface area contributed by atoms with E-state index in [1.807, 2.05) is 4.68 Å². The number of nitrogens with zero attached hydrogens (tertiary/aromatic N) is 3. The first-order valence-electron chi connectivity index (χ1n) is 5.03. The van der Waals surface area contributed by atoms with Gasteiger partial charge in [-0.05, 0) is 38.6 Å². The molecule has 2 N–H and O–H groups in total. The molecule has 0 aromatic carbocycles. The summed E-state index contributed by atoms with van der Waals surface area (Å²) >= 11 is 0. The van der Waals surface area contributed by atoms with Crippen LogP contribution < -0.4 is 5.73 Å². The molecule has 4 nitrogen and oxygen atoms in total. The normalized spacial score (nSPS) is 15.8. The second-order valence-electron chi connectivity index (χ2n) is 3.56. The van der Waals surface area contributed by atoms with Crippen LogP contribution in [0.15, 0.2) is 0 Å². The van der Waals surface area contributed by atoms with Crippen LogP contribution in [0.5, 0.6) is 0 Å². The molecule has 0 atom stereocenters. The minimum absolute atomic E-state index is 0.731. The third kappa shape index (κ3) is 1.72. The van der Waals surface area contributed by atoms with E-state index in [1.165, 1.54) is 24.2 Å². The topological polar surface area (TPSA) is 56.7 Å². The Kier molecular flexibility index (Phi) is 2.59. The first-order valence-corrected chi connectivity index (χ1v) is 5.03. The summed E-state index contributed by atoms with van der Waals surface area (Å²) in [6.07, 6.45) is 5.80. The van der Waals surface area contributed by atoms with Crippen molar-refractivity contribution in [1.29, 1.82) is 0 Å². The third-order valence-electron chi connectivity index (χ3n) is 2.57. The van der Waals surface area contributed by atoms with Crippen molar-refractivity contribution in [1.82, 2.24) is 15.0 Å². The summed E-state index contributed by atoms with van der Waals surface area (Å²) in [4.78, 5) is 0. The maximum atomic E-state index is 5.46. The molecule has 13 heavy (non-hydrogen) atoms. The highest BCUT2D eigenvalue weighted by atomic mass is 15.4. The van der Waals surface area contributed by atoms with Gasteiger partial charge in [-0.25, -0.2) is 4.68 Å². The second kappa shape index (κ2) is 3.87. The van der Waals surface area contributed by atoms with E-state index in [9.17, 15) is 0 Å². The molecule has 1 aromatic heterocycles. The fraction of sp³-hybridized carbons (Fsp3) is 0.778. The zero-order valence-electron chi connectivity index (χ0n) is 7.87. The second-order valence-corrected chi connectivity index (χ2v) is 3.56. The van der Waals surface area contributed by atoms with Gasteiger partial charge >= 0.3 is 0 Å². The van der Waals surface area contributed by atoms with Crippen LogP contribution >= 0.6 is 0 Å². The van der Waals surface area contributed by atoms with E-state index >= 15 is 0 Å². The lowest BCUT2D eigenvalue weighted by atomic mass is 10.0. The van der Waals surface area contributed by atoms with E-state index in [0.29, 0.717) is 0 Å². The highest BCUT2D eigenvalue weighted by molar-refractivity contribution is 5.13. The number of hydrogen-bond donors (Lipinski definition) is 1. The highest BCUT2D eigenvalue weighted by Crippen LogP contribution is 2.18. The van der Waals surface area contributed by atoms with Crippen LogP contribution in [-0.4, -0.2) is 21.5 Å². The zero-order chi connectivity index (χ0) is 9.10. The molecule has 1 aromatic rings. The van der Waals surface area contributed by atoms with E-state index in [2.05, 4.69) is 10.3 Å². The summed E-state index contributed by atoms with van der Waals surface area (Å²) in [5.41, 5.74) is 8.02. The first kappa shape index (κ1) is 8.69. The predicted molar refractivity (Wildman–Crippen MR) is 50.3 cm³/mol. The number of nitrogens with two attached hydrogens (primary N) is 1. The quantitative estimate of drug-likeness (QED) is 0.737. The van der Waals surface area contributed by atoms with Gasteiger partial charge in [0, 0.05) is 6.54 Å². The molecule has 72 valence electrons. The van der Waals surface area contributed by atoms with E-state index in [-0.39, 0.29) is 0 Å². The molecule has 1 heterocycles. The number of fused-ring (bicyclic) bond motifs is 1. The van der Waals surface area contributed by atoms with Crippen molar-refractivity contribution >= 4 is 0 Å². The van der Waals surface area contributed by atoms with Gasteiger partial charge in [0.15, 0.2) is 0 Å². The SMILES string of the molecule is NCCCn1nnc2c1CCCC2. The number of aromatic nitrogens is 3. The minimum Gasteiger partial charge on any atom is -0.330 e. The van der Waals surface area contributed by atoms with Crippen molar-refractivity contribution in [2.45, 2.75) is 38.6 Å². The molecular weight excluding hydrogens is 164 g/mol. The Morgan fingerprint density at radius 3 is 3.00 bits per heavy atom. The number of hydrogen-bond acceptors (Lipinski definition) is 3. The smallest absolute Gasteiger partial charge is 0.0859 e. The predicted octanol–water partition coefficient (Wildman–Crippen LogP) is 0.506. The molecule has 2 rings (SSSR count). The standard InChI is InChI=1S/C9H16N4/c10-6-3-7-13-9-5-2-1-4-8(9)11-12-13/h1-7,10H2. The van der Waals surface area contributed by atoms with Crippen molar-refractivity contribution in [3.8, 4) is 0 Å². The van der Waals surface area contributed by atoms with Gasteiger partial charge in [-0.2, -0.15) is 0 Å². The maximum Gasteiger partial charge on any atom is 0.0859 e. The van der Waals surface area contributed by atoms with Crippen LogP contribution in [0, 0.1) is 0 Å². The van der Waals surface area contributed by atoms with E-state index in [1.54, 1.807) is 0 Å². The summed E-state index contributed by atoms with van der Waals surface area (Å²) in [6, 6.07) is 0. The third-order valence-corrected chi connectivity index (χ3v) is 2.57.